The Balaban J connectivity index is 1.44. The minimum Gasteiger partial charge on any atom is -0.449 e. The zero-order valence-electron chi connectivity index (χ0n) is 13.2. The molecular formula is C19H19NO4. The van der Waals surface area contributed by atoms with Gasteiger partial charge < -0.3 is 19.9 Å². The first-order chi connectivity index (χ1) is 11.7. The first kappa shape index (κ1) is 15.2. The Morgan fingerprint density at radius 1 is 1.12 bits per heavy atom. The number of benzene rings is 2. The van der Waals surface area contributed by atoms with E-state index in [1.807, 2.05) is 24.3 Å². The molecule has 124 valence electrons. The van der Waals surface area contributed by atoms with E-state index in [9.17, 15) is 9.90 Å². The fourth-order valence-corrected chi connectivity index (χ4v) is 3.33. The lowest BCUT2D eigenvalue weighted by Crippen LogP contribution is -2.57. The number of nitrogens with one attached hydrogen (secondary N) is 1. The second-order valence-corrected chi connectivity index (χ2v) is 6.40. The molecule has 1 amide bonds. The van der Waals surface area contributed by atoms with Gasteiger partial charge in [-0.2, -0.15) is 0 Å². The Labute approximate surface area is 140 Å². The highest BCUT2D eigenvalue weighted by atomic mass is 16.6. The van der Waals surface area contributed by atoms with E-state index in [4.69, 9.17) is 9.47 Å². The summed E-state index contributed by atoms with van der Waals surface area (Å²) in [5.41, 5.74) is 3.80. The summed E-state index contributed by atoms with van der Waals surface area (Å²) in [5, 5.41) is 12.5. The van der Waals surface area contributed by atoms with Crippen LogP contribution in [0.3, 0.4) is 0 Å². The highest BCUT2D eigenvalue weighted by Crippen LogP contribution is 2.44. The molecule has 4 rings (SSSR count). The quantitative estimate of drug-likeness (QED) is 0.905. The third-order valence-corrected chi connectivity index (χ3v) is 4.65. The predicted molar refractivity (Wildman–Crippen MR) is 88.8 cm³/mol. The van der Waals surface area contributed by atoms with Crippen LogP contribution in [0.4, 0.5) is 4.79 Å². The van der Waals surface area contributed by atoms with Crippen molar-refractivity contribution in [2.75, 3.05) is 26.4 Å². The molecule has 0 radical (unpaired) electrons. The van der Waals surface area contributed by atoms with Gasteiger partial charge in [-0.3, -0.25) is 0 Å². The molecule has 0 saturated carbocycles. The van der Waals surface area contributed by atoms with Crippen molar-refractivity contribution < 1.29 is 19.4 Å². The summed E-state index contributed by atoms with van der Waals surface area (Å²) in [4.78, 5) is 11.9. The topological polar surface area (TPSA) is 67.8 Å². The van der Waals surface area contributed by atoms with Crippen LogP contribution >= 0.6 is 0 Å². The van der Waals surface area contributed by atoms with Crippen molar-refractivity contribution in [1.29, 1.82) is 0 Å². The molecule has 2 aliphatic rings. The van der Waals surface area contributed by atoms with Gasteiger partial charge in [0.2, 0.25) is 0 Å². The summed E-state index contributed by atoms with van der Waals surface area (Å²) in [6.07, 6.45) is -0.516. The van der Waals surface area contributed by atoms with Crippen LogP contribution in [0.15, 0.2) is 48.5 Å². The van der Waals surface area contributed by atoms with Crippen LogP contribution in [0, 0.1) is 0 Å². The molecule has 5 nitrogen and oxygen atoms in total. The number of aliphatic hydroxyl groups is 1. The maximum atomic E-state index is 11.9. The van der Waals surface area contributed by atoms with Gasteiger partial charge in [0, 0.05) is 5.92 Å². The standard InChI is InChI=1S/C19H19NO4/c21-18(20-10-19(22)11-23-12-19)24-9-17-15-7-3-1-5-13(15)14-6-2-4-8-16(14)17/h1-8,17,22H,9-12H2,(H,20,21). The molecule has 2 N–H and O–H groups in total. The van der Waals surface area contributed by atoms with Gasteiger partial charge in [0.1, 0.15) is 12.2 Å². The van der Waals surface area contributed by atoms with Gasteiger partial charge in [-0.15, -0.1) is 0 Å². The van der Waals surface area contributed by atoms with Crippen molar-refractivity contribution in [3.63, 3.8) is 0 Å². The zero-order chi connectivity index (χ0) is 16.6. The monoisotopic (exact) mass is 325 g/mol. The van der Waals surface area contributed by atoms with Crippen LogP contribution in [0.1, 0.15) is 17.0 Å². The molecule has 1 heterocycles. The number of carbonyl (C=O) groups excluding carboxylic acids is 1. The average molecular weight is 325 g/mol. The summed E-state index contributed by atoms with van der Waals surface area (Å²) < 4.78 is 10.3. The van der Waals surface area contributed by atoms with Gasteiger partial charge in [0.15, 0.2) is 0 Å². The van der Waals surface area contributed by atoms with E-state index in [0.717, 1.165) is 0 Å². The van der Waals surface area contributed by atoms with Gasteiger partial charge in [0.05, 0.1) is 19.8 Å². The zero-order valence-corrected chi connectivity index (χ0v) is 13.2. The summed E-state index contributed by atoms with van der Waals surface area (Å²) in [6.45, 7) is 0.909. The van der Waals surface area contributed by atoms with Gasteiger partial charge in [-0.05, 0) is 22.3 Å². The predicted octanol–water partition coefficient (Wildman–Crippen LogP) is 2.29. The molecule has 24 heavy (non-hydrogen) atoms. The fraction of sp³-hybridized carbons (Fsp3) is 0.316. The molecular weight excluding hydrogens is 306 g/mol. The van der Waals surface area contributed by atoms with Crippen LogP contribution in [0.5, 0.6) is 0 Å². The Hall–Kier alpha value is -2.37. The SMILES string of the molecule is O=C(NCC1(O)COC1)OCC1c2ccccc2-c2ccccc21. The molecule has 0 unspecified atom stereocenters. The first-order valence-corrected chi connectivity index (χ1v) is 8.05. The van der Waals surface area contributed by atoms with Crippen molar-refractivity contribution in [1.82, 2.24) is 5.32 Å². The lowest BCUT2D eigenvalue weighted by molar-refractivity contribution is -0.173. The molecule has 1 saturated heterocycles. The summed E-state index contributed by atoms with van der Waals surface area (Å²) in [7, 11) is 0. The minimum atomic E-state index is -0.953. The van der Waals surface area contributed by atoms with E-state index < -0.39 is 11.7 Å². The fourth-order valence-electron chi connectivity index (χ4n) is 3.33. The van der Waals surface area contributed by atoms with Crippen molar-refractivity contribution in [2.45, 2.75) is 11.5 Å². The smallest absolute Gasteiger partial charge is 0.407 e. The molecule has 0 aromatic heterocycles. The lowest BCUT2D eigenvalue weighted by Gasteiger charge is -2.36. The van der Waals surface area contributed by atoms with Crippen molar-refractivity contribution >= 4 is 6.09 Å². The van der Waals surface area contributed by atoms with Gasteiger partial charge >= 0.3 is 6.09 Å². The molecule has 0 atom stereocenters. The van der Waals surface area contributed by atoms with Crippen LogP contribution in [-0.4, -0.2) is 43.2 Å². The summed E-state index contributed by atoms with van der Waals surface area (Å²) >= 11 is 0. The van der Waals surface area contributed by atoms with E-state index in [1.54, 1.807) is 0 Å². The van der Waals surface area contributed by atoms with Gasteiger partial charge in [-0.25, -0.2) is 4.79 Å². The molecule has 1 aliphatic carbocycles. The van der Waals surface area contributed by atoms with Crippen molar-refractivity contribution in [3.8, 4) is 11.1 Å². The van der Waals surface area contributed by atoms with E-state index in [2.05, 4.69) is 29.6 Å². The molecule has 2 aromatic rings. The molecule has 0 spiro atoms. The van der Waals surface area contributed by atoms with Gasteiger partial charge in [-0.1, -0.05) is 48.5 Å². The molecule has 1 aliphatic heterocycles. The van der Waals surface area contributed by atoms with E-state index in [1.165, 1.54) is 22.3 Å². The Morgan fingerprint density at radius 3 is 2.25 bits per heavy atom. The van der Waals surface area contributed by atoms with E-state index in [-0.39, 0.29) is 32.3 Å². The molecule has 2 aromatic carbocycles. The molecule has 5 heteroatoms. The van der Waals surface area contributed by atoms with Crippen LogP contribution in [0.25, 0.3) is 11.1 Å². The van der Waals surface area contributed by atoms with Crippen molar-refractivity contribution in [2.24, 2.45) is 0 Å². The van der Waals surface area contributed by atoms with Crippen LogP contribution < -0.4 is 5.32 Å². The molecule has 0 bridgehead atoms. The molecule has 1 fully saturated rings. The number of hydrogen-bond donors (Lipinski definition) is 2. The number of alkyl carbamates (subject to hydrolysis) is 1. The van der Waals surface area contributed by atoms with Gasteiger partial charge in [0.25, 0.3) is 0 Å². The number of rotatable bonds is 4. The normalized spacial score (nSPS) is 17.5. The number of fused-ring (bicyclic) bond motifs is 3. The summed E-state index contributed by atoms with van der Waals surface area (Å²) in [6, 6.07) is 16.4. The second kappa shape index (κ2) is 5.92. The number of amides is 1. The lowest BCUT2D eigenvalue weighted by atomic mass is 9.98. The first-order valence-electron chi connectivity index (χ1n) is 8.05. The maximum Gasteiger partial charge on any atom is 0.407 e. The summed E-state index contributed by atoms with van der Waals surface area (Å²) in [5.74, 6) is 0.0401. The third kappa shape index (κ3) is 2.66. The number of hydrogen-bond acceptors (Lipinski definition) is 4. The minimum absolute atomic E-state index is 0.0401. The largest absolute Gasteiger partial charge is 0.449 e. The van der Waals surface area contributed by atoms with E-state index in [0.29, 0.717) is 0 Å². The maximum absolute atomic E-state index is 11.9. The Kier molecular flexibility index (Phi) is 3.75. The highest BCUT2D eigenvalue weighted by Gasteiger charge is 2.36. The Bertz CT molecular complexity index is 724. The number of carbonyl (C=O) groups is 1. The van der Waals surface area contributed by atoms with E-state index >= 15 is 0 Å². The third-order valence-electron chi connectivity index (χ3n) is 4.65. The van der Waals surface area contributed by atoms with Crippen molar-refractivity contribution in [3.05, 3.63) is 59.7 Å². The van der Waals surface area contributed by atoms with Crippen LogP contribution in [-0.2, 0) is 9.47 Å². The van der Waals surface area contributed by atoms with Crippen LogP contribution in [0.2, 0.25) is 0 Å². The Morgan fingerprint density at radius 2 is 1.71 bits per heavy atom. The second-order valence-electron chi connectivity index (χ2n) is 6.40. The number of ether oxygens (including phenoxy) is 2. The average Bonchev–Trinajstić information content (AvgIpc) is 2.90. The highest BCUT2D eigenvalue weighted by molar-refractivity contribution is 5.79.